The van der Waals surface area contributed by atoms with Gasteiger partial charge in [-0.05, 0) is 25.1 Å². The van der Waals surface area contributed by atoms with Crippen LogP contribution >= 0.6 is 0 Å². The number of aromatic nitrogens is 3. The second-order valence-electron chi connectivity index (χ2n) is 3.08. The van der Waals surface area contributed by atoms with Crippen LogP contribution in [-0.4, -0.2) is 21.2 Å². The molecule has 0 saturated carbocycles. The van der Waals surface area contributed by atoms with Gasteiger partial charge in [-0.1, -0.05) is 0 Å². The summed E-state index contributed by atoms with van der Waals surface area (Å²) in [5.74, 6) is 0.582. The SMILES string of the molecule is Cc1nc(C=O)cc(-c2cccnc2)n1. The second kappa shape index (κ2) is 3.96. The van der Waals surface area contributed by atoms with Crippen molar-refractivity contribution in [2.45, 2.75) is 6.92 Å². The van der Waals surface area contributed by atoms with Crippen molar-refractivity contribution in [1.82, 2.24) is 15.0 Å². The van der Waals surface area contributed by atoms with Gasteiger partial charge >= 0.3 is 0 Å². The van der Waals surface area contributed by atoms with E-state index in [2.05, 4.69) is 15.0 Å². The van der Waals surface area contributed by atoms with E-state index in [4.69, 9.17) is 0 Å². The number of carbonyl (C=O) groups is 1. The van der Waals surface area contributed by atoms with E-state index < -0.39 is 0 Å². The number of hydrogen-bond acceptors (Lipinski definition) is 4. The average molecular weight is 199 g/mol. The van der Waals surface area contributed by atoms with Gasteiger partial charge in [-0.25, -0.2) is 9.97 Å². The lowest BCUT2D eigenvalue weighted by molar-refractivity contribution is 0.111. The fourth-order valence-corrected chi connectivity index (χ4v) is 1.31. The molecule has 74 valence electrons. The quantitative estimate of drug-likeness (QED) is 0.690. The lowest BCUT2D eigenvalue weighted by atomic mass is 10.2. The van der Waals surface area contributed by atoms with Gasteiger partial charge in [0.2, 0.25) is 0 Å². The Hall–Kier alpha value is -2.10. The van der Waals surface area contributed by atoms with Crippen molar-refractivity contribution in [3.8, 4) is 11.3 Å². The monoisotopic (exact) mass is 199 g/mol. The molecule has 0 aliphatic rings. The van der Waals surface area contributed by atoms with Crippen molar-refractivity contribution < 1.29 is 4.79 Å². The largest absolute Gasteiger partial charge is 0.296 e. The lowest BCUT2D eigenvalue weighted by Gasteiger charge is -2.01. The van der Waals surface area contributed by atoms with Crippen molar-refractivity contribution in [2.24, 2.45) is 0 Å². The molecule has 0 aliphatic carbocycles. The molecule has 0 saturated heterocycles. The van der Waals surface area contributed by atoms with Crippen molar-refractivity contribution in [1.29, 1.82) is 0 Å². The van der Waals surface area contributed by atoms with Gasteiger partial charge in [0.25, 0.3) is 0 Å². The van der Waals surface area contributed by atoms with Crippen LogP contribution in [0.5, 0.6) is 0 Å². The number of carbonyl (C=O) groups excluding carboxylic acids is 1. The summed E-state index contributed by atoms with van der Waals surface area (Å²) in [5, 5.41) is 0. The molecule has 0 fully saturated rings. The zero-order valence-electron chi connectivity index (χ0n) is 8.21. The number of rotatable bonds is 2. The van der Waals surface area contributed by atoms with Gasteiger partial charge in [0, 0.05) is 18.0 Å². The number of aryl methyl sites for hydroxylation is 1. The Morgan fingerprint density at radius 3 is 2.87 bits per heavy atom. The van der Waals surface area contributed by atoms with Crippen LogP contribution in [-0.2, 0) is 0 Å². The first-order valence-corrected chi connectivity index (χ1v) is 4.51. The summed E-state index contributed by atoms with van der Waals surface area (Å²) in [5.41, 5.74) is 1.99. The normalized spacial score (nSPS) is 9.93. The van der Waals surface area contributed by atoms with Gasteiger partial charge in [0.05, 0.1) is 5.69 Å². The fourth-order valence-electron chi connectivity index (χ4n) is 1.31. The smallest absolute Gasteiger partial charge is 0.168 e. The molecule has 0 N–H and O–H groups in total. The molecule has 2 aromatic rings. The molecular weight excluding hydrogens is 190 g/mol. The molecule has 0 aliphatic heterocycles. The van der Waals surface area contributed by atoms with Crippen LogP contribution in [0.2, 0.25) is 0 Å². The molecule has 15 heavy (non-hydrogen) atoms. The van der Waals surface area contributed by atoms with Crippen molar-refractivity contribution >= 4 is 6.29 Å². The highest BCUT2D eigenvalue weighted by molar-refractivity contribution is 5.74. The Balaban J connectivity index is 2.53. The van der Waals surface area contributed by atoms with Gasteiger partial charge in [-0.3, -0.25) is 9.78 Å². The van der Waals surface area contributed by atoms with Gasteiger partial charge in [-0.2, -0.15) is 0 Å². The topological polar surface area (TPSA) is 55.7 Å². The lowest BCUT2D eigenvalue weighted by Crippen LogP contribution is -1.96. The molecular formula is C11H9N3O. The number of aldehydes is 1. The minimum Gasteiger partial charge on any atom is -0.296 e. The maximum absolute atomic E-state index is 10.6. The van der Waals surface area contributed by atoms with Crippen LogP contribution in [0.1, 0.15) is 16.3 Å². The third-order valence-corrected chi connectivity index (χ3v) is 1.94. The fraction of sp³-hybridized carbons (Fsp3) is 0.0909. The summed E-state index contributed by atoms with van der Waals surface area (Å²) in [7, 11) is 0. The highest BCUT2D eigenvalue weighted by Gasteiger charge is 2.03. The first kappa shape index (κ1) is 9.45. The predicted molar refractivity (Wildman–Crippen MR) is 55.4 cm³/mol. The highest BCUT2D eigenvalue weighted by atomic mass is 16.1. The summed E-state index contributed by atoms with van der Waals surface area (Å²) < 4.78 is 0. The van der Waals surface area contributed by atoms with Gasteiger partial charge < -0.3 is 0 Å². The van der Waals surface area contributed by atoms with Crippen LogP contribution in [0.15, 0.2) is 30.6 Å². The maximum atomic E-state index is 10.6. The van der Waals surface area contributed by atoms with Gasteiger partial charge in [0.15, 0.2) is 6.29 Å². The van der Waals surface area contributed by atoms with E-state index in [1.165, 1.54) is 0 Å². The maximum Gasteiger partial charge on any atom is 0.168 e. The zero-order valence-corrected chi connectivity index (χ0v) is 8.21. The molecule has 2 heterocycles. The minimum absolute atomic E-state index is 0.390. The number of hydrogen-bond donors (Lipinski definition) is 0. The average Bonchev–Trinajstić information content (AvgIpc) is 2.29. The van der Waals surface area contributed by atoms with Crippen molar-refractivity contribution in [3.05, 3.63) is 42.1 Å². The first-order chi connectivity index (χ1) is 7.29. The van der Waals surface area contributed by atoms with Crippen LogP contribution in [0.25, 0.3) is 11.3 Å². The molecule has 0 atom stereocenters. The highest BCUT2D eigenvalue weighted by Crippen LogP contribution is 2.15. The predicted octanol–water partition coefficient (Wildman–Crippen LogP) is 1.66. The summed E-state index contributed by atoms with van der Waals surface area (Å²) in [6.07, 6.45) is 4.11. The van der Waals surface area contributed by atoms with Crippen LogP contribution in [0.3, 0.4) is 0 Å². The number of pyridine rings is 1. The Kier molecular flexibility index (Phi) is 2.49. The zero-order chi connectivity index (χ0) is 10.7. The molecule has 0 amide bonds. The summed E-state index contributed by atoms with van der Waals surface area (Å²) in [6, 6.07) is 5.37. The Bertz CT molecular complexity index is 482. The third-order valence-electron chi connectivity index (χ3n) is 1.94. The molecule has 2 aromatic heterocycles. The summed E-state index contributed by atoms with van der Waals surface area (Å²) in [4.78, 5) is 22.9. The Morgan fingerprint density at radius 2 is 2.20 bits per heavy atom. The molecule has 2 rings (SSSR count). The van der Waals surface area contributed by atoms with E-state index in [-0.39, 0.29) is 0 Å². The van der Waals surface area contributed by atoms with E-state index in [1.54, 1.807) is 25.4 Å². The van der Waals surface area contributed by atoms with E-state index >= 15 is 0 Å². The number of nitrogens with zero attached hydrogens (tertiary/aromatic N) is 3. The van der Waals surface area contributed by atoms with Crippen LogP contribution in [0.4, 0.5) is 0 Å². The Labute approximate surface area is 87.0 Å². The summed E-state index contributed by atoms with van der Waals surface area (Å²) >= 11 is 0. The minimum atomic E-state index is 0.390. The van der Waals surface area contributed by atoms with Crippen molar-refractivity contribution in [3.63, 3.8) is 0 Å². The molecule has 0 unspecified atom stereocenters. The molecule has 4 heteroatoms. The molecule has 0 radical (unpaired) electrons. The molecule has 0 aromatic carbocycles. The summed E-state index contributed by atoms with van der Waals surface area (Å²) in [6.45, 7) is 1.76. The van der Waals surface area contributed by atoms with Crippen LogP contribution < -0.4 is 0 Å². The van der Waals surface area contributed by atoms with E-state index in [9.17, 15) is 4.79 Å². The second-order valence-corrected chi connectivity index (χ2v) is 3.08. The molecule has 4 nitrogen and oxygen atoms in total. The molecule has 0 bridgehead atoms. The first-order valence-electron chi connectivity index (χ1n) is 4.51. The van der Waals surface area contributed by atoms with E-state index in [0.717, 1.165) is 11.3 Å². The Morgan fingerprint density at radius 1 is 1.33 bits per heavy atom. The van der Waals surface area contributed by atoms with Crippen molar-refractivity contribution in [2.75, 3.05) is 0 Å². The van der Waals surface area contributed by atoms with E-state index in [1.807, 2.05) is 12.1 Å². The van der Waals surface area contributed by atoms with Crippen LogP contribution in [0, 0.1) is 6.92 Å². The van der Waals surface area contributed by atoms with E-state index in [0.29, 0.717) is 17.8 Å². The standard InChI is InChI=1S/C11H9N3O/c1-8-13-10(7-15)5-11(14-8)9-3-2-4-12-6-9/h2-7H,1H3. The van der Waals surface area contributed by atoms with Gasteiger partial charge in [0.1, 0.15) is 11.5 Å². The molecule has 0 spiro atoms. The van der Waals surface area contributed by atoms with Gasteiger partial charge in [-0.15, -0.1) is 0 Å². The third kappa shape index (κ3) is 2.04.